The lowest BCUT2D eigenvalue weighted by Gasteiger charge is -2.14. The minimum atomic E-state index is -0.261. The Hall–Kier alpha value is -3.47. The molecule has 0 aliphatic carbocycles. The van der Waals surface area contributed by atoms with Gasteiger partial charge >= 0.3 is 0 Å². The van der Waals surface area contributed by atoms with Gasteiger partial charge in [-0.1, -0.05) is 0 Å². The van der Waals surface area contributed by atoms with Crippen molar-refractivity contribution in [2.24, 2.45) is 0 Å². The zero-order chi connectivity index (χ0) is 18.8. The van der Waals surface area contributed by atoms with Crippen LogP contribution in [0.1, 0.15) is 0 Å². The molecule has 0 amide bonds. The highest BCUT2D eigenvalue weighted by atomic mass is 19.1. The van der Waals surface area contributed by atoms with Gasteiger partial charge in [0.05, 0.1) is 11.4 Å². The maximum Gasteiger partial charge on any atom is 0.123 e. The third-order valence-electron chi connectivity index (χ3n) is 4.48. The summed E-state index contributed by atoms with van der Waals surface area (Å²) < 4.78 is 15.4. The van der Waals surface area contributed by atoms with Crippen LogP contribution in [0.3, 0.4) is 0 Å². The van der Waals surface area contributed by atoms with Gasteiger partial charge < -0.3 is 4.90 Å². The summed E-state index contributed by atoms with van der Waals surface area (Å²) in [6.07, 6.45) is 5.33. The van der Waals surface area contributed by atoms with Crippen LogP contribution in [-0.4, -0.2) is 28.6 Å². The van der Waals surface area contributed by atoms with Crippen LogP contribution in [0.4, 0.5) is 10.1 Å². The predicted molar refractivity (Wildman–Crippen MR) is 107 cm³/mol. The molecule has 0 spiro atoms. The second-order valence-corrected chi connectivity index (χ2v) is 6.47. The summed E-state index contributed by atoms with van der Waals surface area (Å²) in [5.41, 5.74) is 5.75. The van der Waals surface area contributed by atoms with Crippen LogP contribution < -0.4 is 4.90 Å². The molecule has 5 heteroatoms. The molecule has 0 radical (unpaired) electrons. The van der Waals surface area contributed by atoms with E-state index in [4.69, 9.17) is 0 Å². The molecule has 0 fully saturated rings. The average Bonchev–Trinajstić information content (AvgIpc) is 3.14. The molecule has 0 saturated heterocycles. The number of hydrogen-bond donors (Lipinski definition) is 0. The summed E-state index contributed by atoms with van der Waals surface area (Å²) in [4.78, 5) is 10.8. The van der Waals surface area contributed by atoms with Gasteiger partial charge in [-0.2, -0.15) is 0 Å². The quantitative estimate of drug-likeness (QED) is 0.525. The Labute approximate surface area is 157 Å². The van der Waals surface area contributed by atoms with Crippen LogP contribution in [0.5, 0.6) is 0 Å². The van der Waals surface area contributed by atoms with Crippen molar-refractivity contribution in [2.45, 2.75) is 0 Å². The Morgan fingerprint density at radius 1 is 0.815 bits per heavy atom. The zero-order valence-corrected chi connectivity index (χ0v) is 15.2. The van der Waals surface area contributed by atoms with Gasteiger partial charge in [0.2, 0.25) is 0 Å². The zero-order valence-electron chi connectivity index (χ0n) is 15.2. The van der Waals surface area contributed by atoms with Gasteiger partial charge in [0.25, 0.3) is 0 Å². The monoisotopic (exact) mass is 358 g/mol. The van der Waals surface area contributed by atoms with E-state index in [1.807, 2.05) is 30.8 Å². The fourth-order valence-electron chi connectivity index (χ4n) is 3.06. The van der Waals surface area contributed by atoms with Gasteiger partial charge in [-0.25, -0.2) is 9.37 Å². The predicted octanol–water partition coefficient (Wildman–Crippen LogP) is 4.81. The maximum atomic E-state index is 13.4. The minimum Gasteiger partial charge on any atom is -0.378 e. The molecule has 0 atom stereocenters. The van der Waals surface area contributed by atoms with Gasteiger partial charge in [0, 0.05) is 49.0 Å². The van der Waals surface area contributed by atoms with Crippen molar-refractivity contribution in [3.05, 3.63) is 85.2 Å². The first-order valence-corrected chi connectivity index (χ1v) is 8.65. The molecule has 134 valence electrons. The van der Waals surface area contributed by atoms with E-state index >= 15 is 0 Å². The van der Waals surface area contributed by atoms with Crippen molar-refractivity contribution in [2.75, 3.05) is 19.0 Å². The van der Waals surface area contributed by atoms with Crippen molar-refractivity contribution < 1.29 is 4.39 Å². The van der Waals surface area contributed by atoms with Crippen molar-refractivity contribution >= 4 is 5.69 Å². The van der Waals surface area contributed by atoms with E-state index in [2.05, 4.69) is 39.1 Å². The highest BCUT2D eigenvalue weighted by Gasteiger charge is 2.16. The molecule has 0 aliphatic heterocycles. The number of anilines is 1. The fourth-order valence-corrected chi connectivity index (χ4v) is 3.06. The van der Waals surface area contributed by atoms with Crippen molar-refractivity contribution in [1.29, 1.82) is 0 Å². The lowest BCUT2D eigenvalue weighted by atomic mass is 10.1. The number of nitrogens with zero attached hydrogens (tertiary/aromatic N) is 4. The van der Waals surface area contributed by atoms with Crippen molar-refractivity contribution in [3.63, 3.8) is 0 Å². The Kier molecular flexibility index (Phi) is 4.42. The molecule has 4 aromatic rings. The Bertz CT molecular complexity index is 1040. The van der Waals surface area contributed by atoms with E-state index in [-0.39, 0.29) is 5.82 Å². The molecule has 2 aromatic heterocycles. The number of rotatable bonds is 4. The molecular formula is C22H19FN4. The van der Waals surface area contributed by atoms with E-state index in [1.165, 1.54) is 12.1 Å². The molecule has 0 unspecified atom stereocenters. The number of imidazole rings is 1. The van der Waals surface area contributed by atoms with Crippen LogP contribution >= 0.6 is 0 Å². The number of benzene rings is 2. The first-order chi connectivity index (χ1) is 13.1. The molecule has 4 nitrogen and oxygen atoms in total. The summed E-state index contributed by atoms with van der Waals surface area (Å²) >= 11 is 0. The van der Waals surface area contributed by atoms with Gasteiger partial charge in [-0.3, -0.25) is 9.55 Å². The van der Waals surface area contributed by atoms with Crippen LogP contribution in [0, 0.1) is 5.82 Å². The van der Waals surface area contributed by atoms with E-state index in [9.17, 15) is 4.39 Å². The minimum absolute atomic E-state index is 0.261. The molecule has 2 heterocycles. The highest BCUT2D eigenvalue weighted by molar-refractivity contribution is 5.79. The third kappa shape index (κ3) is 3.31. The topological polar surface area (TPSA) is 34.0 Å². The lowest BCUT2D eigenvalue weighted by Crippen LogP contribution is -2.08. The molecule has 0 bridgehead atoms. The summed E-state index contributed by atoms with van der Waals surface area (Å²) in [7, 11) is 4.03. The van der Waals surface area contributed by atoms with E-state index in [0.717, 1.165) is 33.9 Å². The van der Waals surface area contributed by atoms with Gasteiger partial charge in [0.15, 0.2) is 0 Å². The van der Waals surface area contributed by atoms with Crippen LogP contribution in [0.25, 0.3) is 28.2 Å². The largest absolute Gasteiger partial charge is 0.378 e. The first-order valence-electron chi connectivity index (χ1n) is 8.65. The summed E-state index contributed by atoms with van der Waals surface area (Å²) in [5, 5.41) is 0. The Morgan fingerprint density at radius 3 is 2.11 bits per heavy atom. The summed E-state index contributed by atoms with van der Waals surface area (Å²) in [6, 6.07) is 18.6. The molecule has 4 rings (SSSR count). The van der Waals surface area contributed by atoms with Crippen LogP contribution in [0.15, 0.2) is 79.4 Å². The highest BCUT2D eigenvalue weighted by Crippen LogP contribution is 2.33. The summed E-state index contributed by atoms with van der Waals surface area (Å²) in [5.74, 6) is -0.261. The standard InChI is InChI=1S/C22H19FN4/c1-26(2)19-7-9-20(10-8-19)27-15-25-21(16-3-5-18(23)6-4-16)22(27)17-11-13-24-14-12-17/h3-15H,1-2H3. The fraction of sp³-hybridized carbons (Fsp3) is 0.0909. The number of pyridine rings is 1. The van der Waals surface area contributed by atoms with Crippen molar-refractivity contribution in [3.8, 4) is 28.2 Å². The Morgan fingerprint density at radius 2 is 1.48 bits per heavy atom. The normalized spacial score (nSPS) is 10.8. The number of hydrogen-bond acceptors (Lipinski definition) is 3. The first kappa shape index (κ1) is 17.0. The van der Waals surface area contributed by atoms with Gasteiger partial charge in [-0.15, -0.1) is 0 Å². The van der Waals surface area contributed by atoms with Gasteiger partial charge in [0.1, 0.15) is 12.1 Å². The van der Waals surface area contributed by atoms with E-state index in [1.54, 1.807) is 30.9 Å². The molecule has 0 N–H and O–H groups in total. The molecular weight excluding hydrogens is 339 g/mol. The molecule has 27 heavy (non-hydrogen) atoms. The van der Waals surface area contributed by atoms with E-state index in [0.29, 0.717) is 0 Å². The maximum absolute atomic E-state index is 13.4. The average molecular weight is 358 g/mol. The third-order valence-corrected chi connectivity index (χ3v) is 4.48. The molecule has 0 aliphatic rings. The molecule has 0 saturated carbocycles. The second-order valence-electron chi connectivity index (χ2n) is 6.47. The second kappa shape index (κ2) is 7.03. The molecule has 2 aromatic carbocycles. The number of aromatic nitrogens is 3. The Balaban J connectivity index is 1.88. The van der Waals surface area contributed by atoms with Crippen LogP contribution in [0.2, 0.25) is 0 Å². The lowest BCUT2D eigenvalue weighted by molar-refractivity contribution is 0.628. The summed E-state index contributed by atoms with van der Waals surface area (Å²) in [6.45, 7) is 0. The SMILES string of the molecule is CN(C)c1ccc(-n2cnc(-c3ccc(F)cc3)c2-c2ccncc2)cc1. The van der Waals surface area contributed by atoms with E-state index < -0.39 is 0 Å². The van der Waals surface area contributed by atoms with Crippen LogP contribution in [-0.2, 0) is 0 Å². The number of halogens is 1. The van der Waals surface area contributed by atoms with Gasteiger partial charge in [-0.05, 0) is 60.7 Å². The van der Waals surface area contributed by atoms with Crippen molar-refractivity contribution in [1.82, 2.24) is 14.5 Å². The smallest absolute Gasteiger partial charge is 0.123 e.